The molecule has 5 aliphatic carbocycles. The molecule has 0 heterocycles. The van der Waals surface area contributed by atoms with Crippen LogP contribution in [0.15, 0.2) is 11.1 Å². The molecule has 36 heavy (non-hydrogen) atoms. The first kappa shape index (κ1) is 26.2. The first-order valence-electron chi connectivity index (χ1n) is 14.6. The Morgan fingerprint density at radius 1 is 0.917 bits per heavy atom. The van der Waals surface area contributed by atoms with Gasteiger partial charge in [0.1, 0.15) is 12.4 Å². The summed E-state index contributed by atoms with van der Waals surface area (Å²) in [4.78, 5) is 37.7. The number of fused-ring (bicyclic) bond motifs is 7. The number of allylic oxidation sites excluding steroid dienone is 2. The summed E-state index contributed by atoms with van der Waals surface area (Å²) in [6, 6.07) is 0. The van der Waals surface area contributed by atoms with Crippen molar-refractivity contribution in [1.82, 2.24) is 0 Å². The predicted molar refractivity (Wildman–Crippen MR) is 141 cm³/mol. The molecule has 4 fully saturated rings. The number of carbonyl (C=O) groups excluding carboxylic acids is 3. The predicted octanol–water partition coefficient (Wildman–Crippen LogP) is 7.10. The van der Waals surface area contributed by atoms with Crippen LogP contribution in [0, 0.1) is 50.7 Å². The van der Waals surface area contributed by atoms with Gasteiger partial charge in [0.2, 0.25) is 0 Å². The van der Waals surface area contributed by atoms with Crippen molar-refractivity contribution in [3.05, 3.63) is 11.1 Å². The molecule has 0 aliphatic heterocycles. The third-order valence-electron chi connectivity index (χ3n) is 13.0. The van der Waals surface area contributed by atoms with Crippen LogP contribution in [0.5, 0.6) is 0 Å². The number of rotatable bonds is 3. The maximum absolute atomic E-state index is 13.3. The topological polar surface area (TPSA) is 60.4 Å². The van der Waals surface area contributed by atoms with E-state index in [1.165, 1.54) is 12.0 Å². The quantitative estimate of drug-likeness (QED) is 0.309. The van der Waals surface area contributed by atoms with Crippen molar-refractivity contribution in [1.29, 1.82) is 0 Å². The lowest BCUT2D eigenvalue weighted by atomic mass is 9.33. The smallest absolute Gasteiger partial charge is 0.302 e. The minimum Gasteiger partial charge on any atom is -0.462 e. The first-order chi connectivity index (χ1) is 16.7. The van der Waals surface area contributed by atoms with Crippen LogP contribution in [-0.2, 0) is 19.1 Å². The second-order valence-electron chi connectivity index (χ2n) is 14.9. The highest BCUT2D eigenvalue weighted by atomic mass is 16.5. The van der Waals surface area contributed by atoms with E-state index in [2.05, 4.69) is 48.5 Å². The van der Waals surface area contributed by atoms with Crippen molar-refractivity contribution < 1.29 is 19.1 Å². The lowest BCUT2D eigenvalue weighted by Crippen LogP contribution is -2.65. The normalized spacial score (nSPS) is 47.5. The number of ether oxygens (including phenoxy) is 1. The van der Waals surface area contributed by atoms with Crippen LogP contribution in [0.25, 0.3) is 0 Å². The first-order valence-corrected chi connectivity index (χ1v) is 14.6. The van der Waals surface area contributed by atoms with Crippen LogP contribution in [0.3, 0.4) is 0 Å². The number of Topliss-reactive ketones (excluding diaryl/α,β-unsaturated/α-hetero) is 1. The molecule has 200 valence electrons. The van der Waals surface area contributed by atoms with E-state index in [-0.39, 0.29) is 45.4 Å². The third kappa shape index (κ3) is 3.14. The zero-order chi connectivity index (χ0) is 26.5. The standard InChI is InChI=1S/C32H48O4/c1-19(2)26-22(35)17-32(18-33)16-15-30(7)21(27(26)32)9-10-24-29(6)13-12-25(36-20(3)34)28(4,5)23(29)11-14-31(24,30)8/h18-19,21,23-25H,9-17H2,1-8H3/t21-,23?,24-,25+,29+,30-,31-,32+/m1/s1. The Kier molecular flexibility index (Phi) is 5.83. The van der Waals surface area contributed by atoms with E-state index in [1.807, 2.05) is 0 Å². The fourth-order valence-electron chi connectivity index (χ4n) is 11.2. The van der Waals surface area contributed by atoms with E-state index < -0.39 is 5.41 Å². The molecule has 0 aromatic heterocycles. The Balaban J connectivity index is 1.56. The molecule has 0 aromatic carbocycles. The van der Waals surface area contributed by atoms with Gasteiger partial charge in [-0.15, -0.1) is 0 Å². The Labute approximate surface area is 218 Å². The van der Waals surface area contributed by atoms with E-state index in [1.54, 1.807) is 6.92 Å². The molecule has 0 amide bonds. The molecule has 0 N–H and O–H groups in total. The summed E-state index contributed by atoms with van der Waals surface area (Å²) >= 11 is 0. The van der Waals surface area contributed by atoms with Crippen molar-refractivity contribution in [3.8, 4) is 0 Å². The highest BCUT2D eigenvalue weighted by Crippen LogP contribution is 2.76. The zero-order valence-corrected chi connectivity index (χ0v) is 24.0. The van der Waals surface area contributed by atoms with Crippen LogP contribution >= 0.6 is 0 Å². The van der Waals surface area contributed by atoms with E-state index in [4.69, 9.17) is 4.74 Å². The number of aldehydes is 1. The number of ketones is 1. The summed E-state index contributed by atoms with van der Waals surface area (Å²) in [7, 11) is 0. The van der Waals surface area contributed by atoms with Gasteiger partial charge in [0.15, 0.2) is 5.78 Å². The van der Waals surface area contributed by atoms with E-state index in [0.29, 0.717) is 24.2 Å². The Bertz CT molecular complexity index is 1020. The van der Waals surface area contributed by atoms with Crippen molar-refractivity contribution >= 4 is 18.0 Å². The van der Waals surface area contributed by atoms with Gasteiger partial charge >= 0.3 is 5.97 Å². The van der Waals surface area contributed by atoms with Gasteiger partial charge in [0, 0.05) is 18.8 Å². The Morgan fingerprint density at radius 2 is 1.61 bits per heavy atom. The molecule has 1 unspecified atom stereocenters. The molecule has 4 nitrogen and oxygen atoms in total. The molecule has 0 bridgehead atoms. The van der Waals surface area contributed by atoms with Gasteiger partial charge in [-0.05, 0) is 102 Å². The molecular formula is C32H48O4. The minimum absolute atomic E-state index is 0.00416. The fraction of sp³-hybridized carbons (Fsp3) is 0.844. The lowest BCUT2D eigenvalue weighted by Gasteiger charge is -2.72. The largest absolute Gasteiger partial charge is 0.462 e. The van der Waals surface area contributed by atoms with Gasteiger partial charge < -0.3 is 9.53 Å². The monoisotopic (exact) mass is 496 g/mol. The molecule has 4 saturated carbocycles. The molecule has 0 radical (unpaired) electrons. The van der Waals surface area contributed by atoms with Crippen LogP contribution in [0.1, 0.15) is 113 Å². The summed E-state index contributed by atoms with van der Waals surface area (Å²) in [6.45, 7) is 18.1. The highest BCUT2D eigenvalue weighted by molar-refractivity contribution is 6.03. The maximum atomic E-state index is 13.3. The van der Waals surface area contributed by atoms with Crippen molar-refractivity contribution in [2.24, 2.45) is 50.7 Å². The van der Waals surface area contributed by atoms with Crippen LogP contribution in [0.2, 0.25) is 0 Å². The van der Waals surface area contributed by atoms with Gasteiger partial charge in [-0.2, -0.15) is 0 Å². The molecule has 4 heteroatoms. The fourth-order valence-corrected chi connectivity index (χ4v) is 11.2. The molecule has 0 aromatic rings. The second-order valence-corrected chi connectivity index (χ2v) is 14.9. The van der Waals surface area contributed by atoms with Crippen molar-refractivity contribution in [3.63, 3.8) is 0 Å². The highest BCUT2D eigenvalue weighted by Gasteiger charge is 2.70. The maximum Gasteiger partial charge on any atom is 0.302 e. The van der Waals surface area contributed by atoms with Gasteiger partial charge in [-0.1, -0.05) is 48.5 Å². The summed E-state index contributed by atoms with van der Waals surface area (Å²) in [5.74, 6) is 1.69. The number of hydrogen-bond donors (Lipinski definition) is 0. The third-order valence-corrected chi connectivity index (χ3v) is 13.0. The summed E-state index contributed by atoms with van der Waals surface area (Å²) in [5.41, 5.74) is 2.12. The Morgan fingerprint density at radius 3 is 2.22 bits per heavy atom. The minimum atomic E-state index is -0.546. The molecule has 5 aliphatic rings. The van der Waals surface area contributed by atoms with Crippen LogP contribution in [-0.4, -0.2) is 24.1 Å². The molecule has 0 spiro atoms. The number of hydrogen-bond acceptors (Lipinski definition) is 4. The molecule has 0 saturated heterocycles. The summed E-state index contributed by atoms with van der Waals surface area (Å²) in [5, 5.41) is 0. The van der Waals surface area contributed by atoms with Gasteiger partial charge in [0.05, 0.1) is 5.41 Å². The van der Waals surface area contributed by atoms with E-state index in [0.717, 1.165) is 56.8 Å². The van der Waals surface area contributed by atoms with Crippen molar-refractivity contribution in [2.45, 2.75) is 119 Å². The summed E-state index contributed by atoms with van der Waals surface area (Å²) < 4.78 is 5.87. The van der Waals surface area contributed by atoms with Crippen LogP contribution in [0.4, 0.5) is 0 Å². The number of carbonyl (C=O) groups is 3. The van der Waals surface area contributed by atoms with E-state index in [9.17, 15) is 14.4 Å². The molecular weight excluding hydrogens is 448 g/mol. The van der Waals surface area contributed by atoms with Crippen molar-refractivity contribution in [2.75, 3.05) is 0 Å². The average molecular weight is 497 g/mol. The lowest BCUT2D eigenvalue weighted by molar-refractivity contribution is -0.232. The summed E-state index contributed by atoms with van der Waals surface area (Å²) in [6.07, 6.45) is 10.0. The SMILES string of the molecule is CC(=O)O[C@H]1CC[C@@]2(C)C(CC[C@]3(C)[C@@H]2CC[C@@H]2C4=C(C(C)C)C(=O)C[C@]4(C=O)CC[C@]23C)C1(C)C. The van der Waals surface area contributed by atoms with Gasteiger partial charge in [-0.3, -0.25) is 9.59 Å². The van der Waals surface area contributed by atoms with Gasteiger partial charge in [-0.25, -0.2) is 0 Å². The average Bonchev–Trinajstić information content (AvgIpc) is 3.09. The molecule has 8 atom stereocenters. The number of esters is 1. The second kappa shape index (κ2) is 8.03. The van der Waals surface area contributed by atoms with Gasteiger partial charge in [0.25, 0.3) is 0 Å². The Hall–Kier alpha value is -1.45. The zero-order valence-electron chi connectivity index (χ0n) is 24.0. The van der Waals surface area contributed by atoms with Crippen LogP contribution < -0.4 is 0 Å². The molecule has 5 rings (SSSR count). The van der Waals surface area contributed by atoms with E-state index >= 15 is 0 Å².